The third kappa shape index (κ3) is 5.44. The van der Waals surface area contributed by atoms with Gasteiger partial charge >= 0.3 is 0 Å². The Kier molecular flexibility index (Phi) is 7.18. The first-order valence-electron chi connectivity index (χ1n) is 11.2. The van der Waals surface area contributed by atoms with Crippen molar-refractivity contribution in [2.45, 2.75) is 58.8 Å². The summed E-state index contributed by atoms with van der Waals surface area (Å²) >= 11 is 0. The molecule has 2 aromatic rings. The molecule has 0 fully saturated rings. The van der Waals surface area contributed by atoms with Crippen LogP contribution in [0.4, 0.5) is 11.4 Å². The van der Waals surface area contributed by atoms with E-state index in [4.69, 9.17) is 4.74 Å². The monoisotopic (exact) mass is 458 g/mol. The summed E-state index contributed by atoms with van der Waals surface area (Å²) in [5.74, 6) is 0.969. The van der Waals surface area contributed by atoms with Crippen LogP contribution in [0, 0.1) is 11.3 Å². The Morgan fingerprint density at radius 1 is 1.12 bits per heavy atom. The summed E-state index contributed by atoms with van der Waals surface area (Å²) < 4.78 is 34.4. The van der Waals surface area contributed by atoms with Crippen LogP contribution in [0.1, 0.15) is 53.0 Å². The number of amides is 1. The number of hydrogen-bond acceptors (Lipinski definition) is 4. The van der Waals surface area contributed by atoms with Crippen LogP contribution in [0.5, 0.6) is 5.75 Å². The van der Waals surface area contributed by atoms with Gasteiger partial charge in [-0.25, -0.2) is 8.42 Å². The van der Waals surface area contributed by atoms with E-state index in [1.54, 1.807) is 35.2 Å². The predicted octanol–water partition coefficient (Wildman–Crippen LogP) is 5.24. The van der Waals surface area contributed by atoms with Crippen LogP contribution in [-0.2, 0) is 21.2 Å². The smallest absolute Gasteiger partial charge is 0.261 e. The lowest BCUT2D eigenvalue weighted by molar-refractivity contribution is -0.127. The minimum absolute atomic E-state index is 0.0115. The highest BCUT2D eigenvalue weighted by Gasteiger charge is 2.37. The van der Waals surface area contributed by atoms with Gasteiger partial charge in [0.05, 0.1) is 21.7 Å². The molecule has 0 saturated carbocycles. The number of carbonyl (C=O) groups excluding carboxylic acids is 1. The van der Waals surface area contributed by atoms with Crippen molar-refractivity contribution >= 4 is 27.3 Å². The van der Waals surface area contributed by atoms with Crippen molar-refractivity contribution in [3.05, 3.63) is 48.0 Å². The Bertz CT molecular complexity index is 1060. The van der Waals surface area contributed by atoms with Crippen molar-refractivity contribution in [1.82, 2.24) is 0 Å². The van der Waals surface area contributed by atoms with Gasteiger partial charge in [0.1, 0.15) is 12.4 Å². The number of nitrogens with one attached hydrogen (secondary N) is 1. The molecule has 0 unspecified atom stereocenters. The third-order valence-corrected chi connectivity index (χ3v) is 7.02. The Labute approximate surface area is 192 Å². The van der Waals surface area contributed by atoms with Gasteiger partial charge in [0, 0.05) is 12.6 Å². The van der Waals surface area contributed by atoms with Crippen molar-refractivity contribution in [1.29, 1.82) is 0 Å². The second-order valence-electron chi connectivity index (χ2n) is 9.49. The topological polar surface area (TPSA) is 75.7 Å². The number of ether oxygens (including phenoxy) is 1. The molecule has 1 amide bonds. The molecule has 0 aliphatic carbocycles. The van der Waals surface area contributed by atoms with Crippen molar-refractivity contribution in [2.75, 3.05) is 22.8 Å². The summed E-state index contributed by atoms with van der Waals surface area (Å²) in [6, 6.07) is 12.0. The molecule has 174 valence electrons. The molecule has 0 saturated heterocycles. The first-order chi connectivity index (χ1) is 15.0. The first-order valence-corrected chi connectivity index (χ1v) is 12.7. The van der Waals surface area contributed by atoms with E-state index in [0.29, 0.717) is 29.6 Å². The van der Waals surface area contributed by atoms with Crippen molar-refractivity contribution in [3.63, 3.8) is 0 Å². The van der Waals surface area contributed by atoms with E-state index in [1.807, 2.05) is 26.0 Å². The van der Waals surface area contributed by atoms with Gasteiger partial charge in [0.25, 0.3) is 10.0 Å². The number of carbonyl (C=O) groups is 1. The Balaban J connectivity index is 1.88. The molecule has 2 aromatic carbocycles. The SMILES string of the molecule is CCCc1ccc(S(=O)(=O)Nc2ccc3c(c2)OCC(C)(C)C(=O)N3CCC(C)C)cc1. The summed E-state index contributed by atoms with van der Waals surface area (Å²) in [5.41, 5.74) is 1.51. The van der Waals surface area contributed by atoms with Gasteiger partial charge in [-0.2, -0.15) is 0 Å². The molecule has 0 spiro atoms. The lowest BCUT2D eigenvalue weighted by Crippen LogP contribution is -2.42. The molecular weight excluding hydrogens is 424 g/mol. The predicted molar refractivity (Wildman–Crippen MR) is 129 cm³/mol. The summed E-state index contributed by atoms with van der Waals surface area (Å²) in [6.45, 7) is 10.9. The molecule has 1 aliphatic rings. The highest BCUT2D eigenvalue weighted by molar-refractivity contribution is 7.92. The number of sulfonamides is 1. The van der Waals surface area contributed by atoms with Crippen LogP contribution in [-0.4, -0.2) is 27.5 Å². The number of anilines is 2. The van der Waals surface area contributed by atoms with Crippen molar-refractivity contribution < 1.29 is 17.9 Å². The summed E-state index contributed by atoms with van der Waals surface area (Å²) in [6.07, 6.45) is 2.79. The van der Waals surface area contributed by atoms with E-state index in [1.165, 1.54) is 0 Å². The molecule has 7 heteroatoms. The molecule has 1 N–H and O–H groups in total. The molecule has 1 aliphatic heterocycles. The maximum absolute atomic E-state index is 13.1. The van der Waals surface area contributed by atoms with Crippen molar-refractivity contribution in [3.8, 4) is 5.75 Å². The molecule has 0 bridgehead atoms. The lowest BCUT2D eigenvalue weighted by Gasteiger charge is -2.28. The molecule has 32 heavy (non-hydrogen) atoms. The Morgan fingerprint density at radius 2 is 1.81 bits per heavy atom. The lowest BCUT2D eigenvalue weighted by atomic mass is 9.92. The first kappa shape index (κ1) is 24.1. The average Bonchev–Trinajstić information content (AvgIpc) is 2.82. The number of benzene rings is 2. The normalized spacial score (nSPS) is 15.8. The minimum atomic E-state index is -3.74. The largest absolute Gasteiger partial charge is 0.490 e. The molecule has 0 aromatic heterocycles. The number of nitrogens with zero attached hydrogens (tertiary/aromatic N) is 1. The van der Waals surface area contributed by atoms with Crippen LogP contribution in [0.15, 0.2) is 47.4 Å². The number of aryl methyl sites for hydroxylation is 1. The molecule has 1 heterocycles. The van der Waals surface area contributed by atoms with Gasteiger partial charge in [-0.05, 0) is 62.4 Å². The third-order valence-electron chi connectivity index (χ3n) is 5.62. The fourth-order valence-electron chi connectivity index (χ4n) is 3.66. The average molecular weight is 459 g/mol. The second kappa shape index (κ2) is 9.53. The van der Waals surface area contributed by atoms with E-state index in [-0.39, 0.29) is 17.4 Å². The van der Waals surface area contributed by atoms with Crippen LogP contribution >= 0.6 is 0 Å². The van der Waals surface area contributed by atoms with E-state index >= 15 is 0 Å². The quantitative estimate of drug-likeness (QED) is 0.587. The molecule has 6 nitrogen and oxygen atoms in total. The summed E-state index contributed by atoms with van der Waals surface area (Å²) in [5, 5.41) is 0. The van der Waals surface area contributed by atoms with Crippen molar-refractivity contribution in [2.24, 2.45) is 11.3 Å². The summed E-state index contributed by atoms with van der Waals surface area (Å²) in [4.78, 5) is 15.1. The number of rotatable bonds is 8. The van der Waals surface area contributed by atoms with Gasteiger partial charge in [0.2, 0.25) is 5.91 Å². The van der Waals surface area contributed by atoms with Gasteiger partial charge in [0.15, 0.2) is 0 Å². The Hall–Kier alpha value is -2.54. The van der Waals surface area contributed by atoms with Crippen LogP contribution in [0.3, 0.4) is 0 Å². The maximum atomic E-state index is 13.1. The molecule has 0 atom stereocenters. The zero-order valence-corrected chi connectivity index (χ0v) is 20.5. The number of hydrogen-bond donors (Lipinski definition) is 1. The van der Waals surface area contributed by atoms with Gasteiger partial charge in [-0.1, -0.05) is 39.3 Å². The van der Waals surface area contributed by atoms with Crippen LogP contribution in [0.2, 0.25) is 0 Å². The van der Waals surface area contributed by atoms with Gasteiger partial charge in [-0.3, -0.25) is 9.52 Å². The second-order valence-corrected chi connectivity index (χ2v) is 11.2. The van der Waals surface area contributed by atoms with E-state index in [2.05, 4.69) is 25.5 Å². The van der Waals surface area contributed by atoms with Crippen LogP contribution in [0.25, 0.3) is 0 Å². The van der Waals surface area contributed by atoms with Crippen LogP contribution < -0.4 is 14.4 Å². The standard InChI is InChI=1S/C25H34N2O4S/c1-6-7-19-8-11-21(12-9-19)32(29,30)26-20-10-13-22-23(16-20)31-17-25(4,5)24(28)27(22)15-14-18(2)3/h8-13,16,18,26H,6-7,14-15,17H2,1-5H3. The fraction of sp³-hybridized carbons (Fsp3) is 0.480. The molecule has 0 radical (unpaired) electrons. The maximum Gasteiger partial charge on any atom is 0.261 e. The highest BCUT2D eigenvalue weighted by atomic mass is 32.2. The number of fused-ring (bicyclic) bond motifs is 1. The Morgan fingerprint density at radius 3 is 2.44 bits per heavy atom. The van der Waals surface area contributed by atoms with E-state index < -0.39 is 15.4 Å². The highest BCUT2D eigenvalue weighted by Crippen LogP contribution is 2.39. The summed E-state index contributed by atoms with van der Waals surface area (Å²) in [7, 11) is -3.74. The van der Waals surface area contributed by atoms with Gasteiger partial charge < -0.3 is 9.64 Å². The molecular formula is C25H34N2O4S. The minimum Gasteiger partial charge on any atom is -0.490 e. The van der Waals surface area contributed by atoms with E-state index in [9.17, 15) is 13.2 Å². The van der Waals surface area contributed by atoms with E-state index in [0.717, 1.165) is 24.8 Å². The fourth-order valence-corrected chi connectivity index (χ4v) is 4.71. The zero-order valence-electron chi connectivity index (χ0n) is 19.6. The molecule has 3 rings (SSSR count). The zero-order chi connectivity index (χ0) is 23.5. The van der Waals surface area contributed by atoms with Gasteiger partial charge in [-0.15, -0.1) is 0 Å².